The highest BCUT2D eigenvalue weighted by atomic mass is 32.2. The van der Waals surface area contributed by atoms with E-state index < -0.39 is 0 Å². The first-order valence-corrected chi connectivity index (χ1v) is 7.12. The van der Waals surface area contributed by atoms with E-state index in [0.717, 1.165) is 11.7 Å². The minimum Gasteiger partial charge on any atom is -0.381 e. The molecule has 1 nitrogen and oxygen atoms in total. The number of methoxy groups -OCH3 is 1. The monoisotopic (exact) mass is 218 g/mol. The van der Waals surface area contributed by atoms with Crippen LogP contribution >= 0.6 is 11.8 Å². The molecule has 2 heteroatoms. The Morgan fingerprint density at radius 3 is 2.14 bits per heavy atom. The average molecular weight is 218 g/mol. The van der Waals surface area contributed by atoms with Gasteiger partial charge < -0.3 is 4.74 Å². The van der Waals surface area contributed by atoms with Crippen LogP contribution in [0.4, 0.5) is 0 Å². The van der Waals surface area contributed by atoms with Crippen molar-refractivity contribution >= 4 is 11.8 Å². The maximum absolute atomic E-state index is 5.35. The van der Waals surface area contributed by atoms with Gasteiger partial charge in [0.25, 0.3) is 0 Å². The Kier molecular flexibility index (Phi) is 10.1. The Morgan fingerprint density at radius 1 is 1.07 bits per heavy atom. The van der Waals surface area contributed by atoms with Crippen molar-refractivity contribution in [2.75, 3.05) is 13.4 Å². The van der Waals surface area contributed by atoms with E-state index in [1.165, 1.54) is 32.1 Å². The van der Waals surface area contributed by atoms with Crippen LogP contribution in [0.3, 0.4) is 0 Å². The minimum atomic E-state index is 0.490. The van der Waals surface area contributed by atoms with Crippen LogP contribution in [0.5, 0.6) is 0 Å². The second-order valence-corrected chi connectivity index (χ2v) is 4.95. The van der Waals surface area contributed by atoms with Crippen molar-refractivity contribution in [3.63, 3.8) is 0 Å². The molecule has 14 heavy (non-hydrogen) atoms. The molecule has 2 unspecified atom stereocenters. The van der Waals surface area contributed by atoms with E-state index in [1.807, 2.05) is 18.9 Å². The Labute approximate surface area is 94.0 Å². The lowest BCUT2D eigenvalue weighted by Crippen LogP contribution is -2.08. The summed E-state index contributed by atoms with van der Waals surface area (Å²) in [5.41, 5.74) is 0. The number of ether oxygens (including phenoxy) is 1. The average Bonchev–Trinajstić information content (AvgIpc) is 2.24. The fraction of sp³-hybridized carbons (Fsp3) is 1.00. The van der Waals surface area contributed by atoms with E-state index in [0.29, 0.717) is 6.10 Å². The predicted molar refractivity (Wildman–Crippen MR) is 67.2 cm³/mol. The van der Waals surface area contributed by atoms with Crippen molar-refractivity contribution in [1.29, 1.82) is 0 Å². The molecule has 0 fully saturated rings. The molecule has 0 spiro atoms. The Hall–Kier alpha value is 0.310. The molecule has 0 amide bonds. The molecule has 0 bridgehead atoms. The smallest absolute Gasteiger partial charge is 0.0568 e. The first kappa shape index (κ1) is 14.3. The molecular weight excluding hydrogens is 192 g/mol. The van der Waals surface area contributed by atoms with Crippen molar-refractivity contribution in [3.05, 3.63) is 0 Å². The molecule has 0 rings (SSSR count). The molecular formula is C12H26OS. The SMILES string of the molecule is CCC(CCCCC(CC)SC)OC. The number of rotatable bonds is 9. The van der Waals surface area contributed by atoms with Gasteiger partial charge in [0.15, 0.2) is 0 Å². The van der Waals surface area contributed by atoms with E-state index >= 15 is 0 Å². The standard InChI is InChI=1S/C12H26OS/c1-5-11(13-3)9-7-8-10-12(6-2)14-4/h11-12H,5-10H2,1-4H3. The molecule has 2 atom stereocenters. The second-order valence-electron chi connectivity index (χ2n) is 3.82. The van der Waals surface area contributed by atoms with E-state index in [-0.39, 0.29) is 0 Å². The summed E-state index contributed by atoms with van der Waals surface area (Å²) in [5.74, 6) is 0. The fourth-order valence-corrected chi connectivity index (χ4v) is 2.46. The number of thioether (sulfide) groups is 1. The van der Waals surface area contributed by atoms with Crippen molar-refractivity contribution in [2.45, 2.75) is 63.7 Å². The molecule has 0 saturated carbocycles. The van der Waals surface area contributed by atoms with E-state index in [2.05, 4.69) is 20.1 Å². The summed E-state index contributed by atoms with van der Waals surface area (Å²) >= 11 is 2.01. The van der Waals surface area contributed by atoms with Crippen LogP contribution in [-0.4, -0.2) is 24.7 Å². The quantitative estimate of drug-likeness (QED) is 0.539. The highest BCUT2D eigenvalue weighted by molar-refractivity contribution is 7.99. The zero-order valence-corrected chi connectivity index (χ0v) is 11.0. The van der Waals surface area contributed by atoms with Gasteiger partial charge in [0, 0.05) is 12.4 Å². The van der Waals surface area contributed by atoms with E-state index in [1.54, 1.807) is 0 Å². The molecule has 0 aliphatic heterocycles. The van der Waals surface area contributed by atoms with Crippen LogP contribution in [0.15, 0.2) is 0 Å². The molecule has 0 aromatic rings. The largest absolute Gasteiger partial charge is 0.381 e. The van der Waals surface area contributed by atoms with E-state index in [9.17, 15) is 0 Å². The van der Waals surface area contributed by atoms with Gasteiger partial charge in [-0.3, -0.25) is 0 Å². The third-order valence-corrected chi connectivity index (χ3v) is 4.12. The van der Waals surface area contributed by atoms with Gasteiger partial charge in [0.1, 0.15) is 0 Å². The lowest BCUT2D eigenvalue weighted by atomic mass is 10.1. The third-order valence-electron chi connectivity index (χ3n) is 2.88. The molecule has 0 saturated heterocycles. The van der Waals surface area contributed by atoms with Crippen LogP contribution in [-0.2, 0) is 4.74 Å². The van der Waals surface area contributed by atoms with Crippen molar-refractivity contribution < 1.29 is 4.74 Å². The number of unbranched alkanes of at least 4 members (excludes halogenated alkanes) is 1. The van der Waals surface area contributed by atoms with Crippen LogP contribution in [0, 0.1) is 0 Å². The predicted octanol–water partition coefficient (Wildman–Crippen LogP) is 4.11. The van der Waals surface area contributed by atoms with Gasteiger partial charge in [-0.15, -0.1) is 0 Å². The summed E-state index contributed by atoms with van der Waals surface area (Å²) in [5, 5.41) is 0.873. The third kappa shape index (κ3) is 6.72. The van der Waals surface area contributed by atoms with Gasteiger partial charge >= 0.3 is 0 Å². The summed E-state index contributed by atoms with van der Waals surface area (Å²) in [6, 6.07) is 0. The van der Waals surface area contributed by atoms with Gasteiger partial charge in [-0.05, 0) is 31.9 Å². The summed E-state index contributed by atoms with van der Waals surface area (Å²) in [7, 11) is 1.82. The summed E-state index contributed by atoms with van der Waals surface area (Å²) in [6.07, 6.45) is 10.5. The summed E-state index contributed by atoms with van der Waals surface area (Å²) in [4.78, 5) is 0. The van der Waals surface area contributed by atoms with Crippen molar-refractivity contribution in [3.8, 4) is 0 Å². The van der Waals surface area contributed by atoms with Crippen LogP contribution in [0.2, 0.25) is 0 Å². The molecule has 0 N–H and O–H groups in total. The maximum atomic E-state index is 5.35. The molecule has 0 aromatic heterocycles. The van der Waals surface area contributed by atoms with Gasteiger partial charge in [-0.1, -0.05) is 26.7 Å². The first-order valence-electron chi connectivity index (χ1n) is 5.84. The number of hydrogen-bond acceptors (Lipinski definition) is 2. The lowest BCUT2D eigenvalue weighted by molar-refractivity contribution is 0.0897. The first-order chi connectivity index (χ1) is 6.78. The highest BCUT2D eigenvalue weighted by Gasteiger charge is 2.06. The number of hydrogen-bond donors (Lipinski definition) is 0. The van der Waals surface area contributed by atoms with Gasteiger partial charge in [-0.25, -0.2) is 0 Å². The van der Waals surface area contributed by atoms with Crippen LogP contribution in [0.1, 0.15) is 52.4 Å². The van der Waals surface area contributed by atoms with Gasteiger partial charge in [0.05, 0.1) is 6.10 Å². The van der Waals surface area contributed by atoms with E-state index in [4.69, 9.17) is 4.74 Å². The Bertz CT molecular complexity index is 94.9. The fourth-order valence-electron chi connectivity index (χ4n) is 1.72. The highest BCUT2D eigenvalue weighted by Crippen LogP contribution is 2.19. The Balaban J connectivity index is 3.35. The Morgan fingerprint density at radius 2 is 1.71 bits per heavy atom. The van der Waals surface area contributed by atoms with Gasteiger partial charge in [-0.2, -0.15) is 11.8 Å². The van der Waals surface area contributed by atoms with Crippen molar-refractivity contribution in [2.24, 2.45) is 0 Å². The zero-order valence-electron chi connectivity index (χ0n) is 10.2. The van der Waals surface area contributed by atoms with Crippen molar-refractivity contribution in [1.82, 2.24) is 0 Å². The molecule has 86 valence electrons. The van der Waals surface area contributed by atoms with Crippen LogP contribution < -0.4 is 0 Å². The minimum absolute atomic E-state index is 0.490. The molecule has 0 aliphatic carbocycles. The second kappa shape index (κ2) is 9.85. The molecule has 0 aromatic carbocycles. The zero-order chi connectivity index (χ0) is 10.8. The molecule has 0 aliphatic rings. The van der Waals surface area contributed by atoms with Gasteiger partial charge in [0.2, 0.25) is 0 Å². The normalized spacial score (nSPS) is 15.4. The molecule has 0 radical (unpaired) electrons. The lowest BCUT2D eigenvalue weighted by Gasteiger charge is -2.14. The summed E-state index contributed by atoms with van der Waals surface area (Å²) < 4.78 is 5.35. The maximum Gasteiger partial charge on any atom is 0.0568 e. The molecule has 0 heterocycles. The topological polar surface area (TPSA) is 9.23 Å². The summed E-state index contributed by atoms with van der Waals surface area (Å²) in [6.45, 7) is 4.48. The van der Waals surface area contributed by atoms with Crippen LogP contribution in [0.25, 0.3) is 0 Å².